The number of rotatable bonds is 8. The second kappa shape index (κ2) is 11.6. The largest absolute Gasteiger partial charge is 0.352 e. The fourth-order valence-electron chi connectivity index (χ4n) is 4.19. The lowest BCUT2D eigenvalue weighted by atomic mass is 10.1. The molecule has 182 valence electrons. The minimum Gasteiger partial charge on any atom is -0.352 e. The van der Waals surface area contributed by atoms with Crippen molar-refractivity contribution in [2.75, 3.05) is 44.2 Å². The molecule has 0 N–H and O–H groups in total. The van der Waals surface area contributed by atoms with Gasteiger partial charge in [0.15, 0.2) is 5.82 Å². The van der Waals surface area contributed by atoms with Crippen molar-refractivity contribution in [3.05, 3.63) is 78.4 Å². The Balaban J connectivity index is 1.35. The number of hydrogen-bond donors (Lipinski definition) is 0. The lowest BCUT2D eigenvalue weighted by molar-refractivity contribution is -0.132. The van der Waals surface area contributed by atoms with Crippen molar-refractivity contribution >= 4 is 17.6 Å². The van der Waals surface area contributed by atoms with Gasteiger partial charge in [0.1, 0.15) is 6.54 Å². The number of hydrogen-bond acceptors (Lipinski definition) is 5. The molecule has 1 atom stereocenters. The molecule has 2 aromatic carbocycles. The summed E-state index contributed by atoms with van der Waals surface area (Å²) in [5.41, 5.74) is 2.49. The molecule has 1 fully saturated rings. The molecule has 4 rings (SSSR count). The third-order valence-electron chi connectivity index (χ3n) is 6.54. The maximum Gasteiger partial charge on any atom is 0.254 e. The van der Waals surface area contributed by atoms with Gasteiger partial charge in [-0.25, -0.2) is 0 Å². The third-order valence-corrected chi connectivity index (χ3v) is 6.54. The fraction of sp³-hybridized carbons (Fsp3) is 0.357. The van der Waals surface area contributed by atoms with Gasteiger partial charge < -0.3 is 14.7 Å². The highest BCUT2D eigenvalue weighted by molar-refractivity contribution is 5.96. The van der Waals surface area contributed by atoms with Crippen LogP contribution in [0.2, 0.25) is 0 Å². The predicted molar refractivity (Wildman–Crippen MR) is 138 cm³/mol. The molecule has 0 aliphatic carbocycles. The Hall–Kier alpha value is -3.74. The molecule has 3 aromatic rings. The molecule has 0 spiro atoms. The van der Waals surface area contributed by atoms with Crippen LogP contribution in [0.3, 0.4) is 0 Å². The Morgan fingerprint density at radius 2 is 1.54 bits per heavy atom. The van der Waals surface area contributed by atoms with Gasteiger partial charge in [0, 0.05) is 43.9 Å². The smallest absolute Gasteiger partial charge is 0.254 e. The van der Waals surface area contributed by atoms with Gasteiger partial charge >= 0.3 is 0 Å². The Morgan fingerprint density at radius 1 is 0.886 bits per heavy atom. The Morgan fingerprint density at radius 3 is 2.14 bits per heavy atom. The first kappa shape index (κ1) is 24.4. The summed E-state index contributed by atoms with van der Waals surface area (Å²) in [7, 11) is 0. The van der Waals surface area contributed by atoms with E-state index in [0.29, 0.717) is 44.2 Å². The molecule has 7 heteroatoms. The van der Waals surface area contributed by atoms with Crippen LogP contribution in [0, 0.1) is 5.92 Å². The lowest BCUT2D eigenvalue weighted by Crippen LogP contribution is -2.52. The van der Waals surface area contributed by atoms with E-state index in [2.05, 4.69) is 28.9 Å². The average molecular weight is 472 g/mol. The maximum atomic E-state index is 13.1. The predicted octanol–water partition coefficient (Wildman–Crippen LogP) is 3.98. The van der Waals surface area contributed by atoms with E-state index in [4.69, 9.17) is 0 Å². The molecule has 2 amide bonds. The minimum atomic E-state index is -0.0910. The van der Waals surface area contributed by atoms with Crippen LogP contribution in [0.4, 0.5) is 5.82 Å². The van der Waals surface area contributed by atoms with E-state index in [-0.39, 0.29) is 18.4 Å². The van der Waals surface area contributed by atoms with E-state index in [0.717, 1.165) is 23.5 Å². The number of piperazine rings is 1. The van der Waals surface area contributed by atoms with Crippen LogP contribution >= 0.6 is 0 Å². The van der Waals surface area contributed by atoms with Crippen LogP contribution in [0.15, 0.2) is 72.8 Å². The van der Waals surface area contributed by atoms with E-state index in [1.807, 2.05) is 65.6 Å². The van der Waals surface area contributed by atoms with Gasteiger partial charge in [0.2, 0.25) is 5.91 Å². The Labute approximate surface area is 207 Å². The highest BCUT2D eigenvalue weighted by atomic mass is 16.2. The first-order chi connectivity index (χ1) is 17.0. The summed E-state index contributed by atoms with van der Waals surface area (Å²) < 4.78 is 0. The summed E-state index contributed by atoms with van der Waals surface area (Å²) in [4.78, 5) is 32.0. The summed E-state index contributed by atoms with van der Waals surface area (Å²) in [6, 6.07) is 23.2. The molecule has 7 nitrogen and oxygen atoms in total. The molecule has 35 heavy (non-hydrogen) atoms. The number of anilines is 1. The molecule has 1 aliphatic heterocycles. The number of benzene rings is 2. The second-order valence-electron chi connectivity index (χ2n) is 9.08. The zero-order valence-electron chi connectivity index (χ0n) is 20.5. The van der Waals surface area contributed by atoms with Gasteiger partial charge in [-0.15, -0.1) is 10.2 Å². The van der Waals surface area contributed by atoms with Crippen molar-refractivity contribution in [2.24, 2.45) is 5.92 Å². The molecular formula is C28H33N5O2. The van der Waals surface area contributed by atoms with E-state index in [1.54, 1.807) is 17.0 Å². The Kier molecular flexibility index (Phi) is 8.08. The van der Waals surface area contributed by atoms with Gasteiger partial charge in [0.25, 0.3) is 5.91 Å². The van der Waals surface area contributed by atoms with Crippen LogP contribution in [0.1, 0.15) is 30.6 Å². The molecule has 1 saturated heterocycles. The van der Waals surface area contributed by atoms with E-state index in [9.17, 15) is 9.59 Å². The fourth-order valence-corrected chi connectivity index (χ4v) is 4.19. The molecule has 0 unspecified atom stereocenters. The second-order valence-corrected chi connectivity index (χ2v) is 9.08. The first-order valence-electron chi connectivity index (χ1n) is 12.3. The molecule has 0 bridgehead atoms. The van der Waals surface area contributed by atoms with E-state index >= 15 is 0 Å². The average Bonchev–Trinajstić information content (AvgIpc) is 2.93. The number of carbonyl (C=O) groups excluding carboxylic acids is 2. The van der Waals surface area contributed by atoms with E-state index in [1.165, 1.54) is 0 Å². The van der Waals surface area contributed by atoms with Crippen molar-refractivity contribution in [3.8, 4) is 11.3 Å². The first-order valence-corrected chi connectivity index (χ1v) is 12.3. The lowest BCUT2D eigenvalue weighted by Gasteiger charge is -2.36. The standard InChI is InChI=1S/C28H33N5O2/c1-3-22(2)20-33(28(35)24-12-8-5-9-13-24)21-27(34)32-18-16-31(17-19-32)26-15-14-25(29-30-26)23-10-6-4-7-11-23/h4-15,22H,3,16-21H2,1-2H3/t22-/m0/s1. The summed E-state index contributed by atoms with van der Waals surface area (Å²) in [6.07, 6.45) is 0.954. The molecule has 1 aromatic heterocycles. The van der Waals surface area contributed by atoms with Crippen molar-refractivity contribution in [3.63, 3.8) is 0 Å². The van der Waals surface area contributed by atoms with Gasteiger partial charge in [0.05, 0.1) is 5.69 Å². The zero-order chi connectivity index (χ0) is 24.6. The summed E-state index contributed by atoms with van der Waals surface area (Å²) in [6.45, 7) is 7.44. The highest BCUT2D eigenvalue weighted by Gasteiger charge is 2.26. The number of nitrogens with zero attached hydrogens (tertiary/aromatic N) is 5. The monoisotopic (exact) mass is 471 g/mol. The van der Waals surface area contributed by atoms with Gasteiger partial charge in [-0.3, -0.25) is 9.59 Å². The Bertz CT molecular complexity index is 1100. The molecule has 0 saturated carbocycles. The summed E-state index contributed by atoms with van der Waals surface area (Å²) in [5.74, 6) is 1.04. The third kappa shape index (κ3) is 6.23. The van der Waals surface area contributed by atoms with Gasteiger partial charge in [-0.1, -0.05) is 68.8 Å². The number of aromatic nitrogens is 2. The molecule has 2 heterocycles. The van der Waals surface area contributed by atoms with Crippen molar-refractivity contribution in [2.45, 2.75) is 20.3 Å². The van der Waals surface area contributed by atoms with Crippen LogP contribution in [-0.4, -0.2) is 71.1 Å². The van der Waals surface area contributed by atoms with Crippen molar-refractivity contribution in [1.29, 1.82) is 0 Å². The van der Waals surface area contributed by atoms with Crippen LogP contribution in [0.25, 0.3) is 11.3 Å². The maximum absolute atomic E-state index is 13.1. The number of carbonyl (C=O) groups is 2. The van der Waals surface area contributed by atoms with Crippen molar-refractivity contribution in [1.82, 2.24) is 20.0 Å². The zero-order valence-corrected chi connectivity index (χ0v) is 20.5. The van der Waals surface area contributed by atoms with Gasteiger partial charge in [-0.05, 0) is 30.2 Å². The SMILES string of the molecule is CC[C@H](C)CN(CC(=O)N1CCN(c2ccc(-c3ccccc3)nn2)CC1)C(=O)c1ccccc1. The van der Waals surface area contributed by atoms with Crippen LogP contribution in [-0.2, 0) is 4.79 Å². The quantitative estimate of drug-likeness (QED) is 0.497. The van der Waals surface area contributed by atoms with Gasteiger partial charge in [-0.2, -0.15) is 0 Å². The van der Waals surface area contributed by atoms with Crippen LogP contribution in [0.5, 0.6) is 0 Å². The number of amides is 2. The molecule has 0 radical (unpaired) electrons. The van der Waals surface area contributed by atoms with Crippen molar-refractivity contribution < 1.29 is 9.59 Å². The molecule has 1 aliphatic rings. The molecular weight excluding hydrogens is 438 g/mol. The summed E-state index contributed by atoms with van der Waals surface area (Å²) in [5, 5.41) is 8.80. The van der Waals surface area contributed by atoms with Crippen LogP contribution < -0.4 is 4.90 Å². The van der Waals surface area contributed by atoms with E-state index < -0.39 is 0 Å². The topological polar surface area (TPSA) is 69.6 Å². The summed E-state index contributed by atoms with van der Waals surface area (Å²) >= 11 is 0. The minimum absolute atomic E-state index is 0.0113. The normalized spacial score (nSPS) is 14.5. The highest BCUT2D eigenvalue weighted by Crippen LogP contribution is 2.19.